The lowest BCUT2D eigenvalue weighted by molar-refractivity contribution is -0.140. The van der Waals surface area contributed by atoms with Gasteiger partial charge in [-0.3, -0.25) is 13.9 Å². The van der Waals surface area contributed by atoms with Gasteiger partial charge in [-0.2, -0.15) is 13.2 Å². The first-order valence-electron chi connectivity index (χ1n) is 13.5. The zero-order valence-corrected chi connectivity index (χ0v) is 25.5. The smallest absolute Gasteiger partial charge is 0.417 e. The summed E-state index contributed by atoms with van der Waals surface area (Å²) in [5, 5.41) is 2.14. The predicted octanol–water partition coefficient (Wildman–Crippen LogP) is 5.90. The highest BCUT2D eigenvalue weighted by atomic mass is 35.5. The van der Waals surface area contributed by atoms with E-state index in [4.69, 9.17) is 16.3 Å². The molecule has 0 unspecified atom stereocenters. The van der Waals surface area contributed by atoms with E-state index in [0.29, 0.717) is 34.7 Å². The molecular formula is C30H33ClF3N3O5S. The molecule has 3 aromatic carbocycles. The Kier molecular flexibility index (Phi) is 11.5. The van der Waals surface area contributed by atoms with Crippen LogP contribution in [-0.2, 0) is 32.3 Å². The van der Waals surface area contributed by atoms with Crippen LogP contribution in [0.4, 0.5) is 18.9 Å². The highest BCUT2D eigenvalue weighted by molar-refractivity contribution is 7.92. The van der Waals surface area contributed by atoms with Gasteiger partial charge in [0.2, 0.25) is 11.8 Å². The number of anilines is 1. The molecule has 0 aliphatic carbocycles. The first-order valence-corrected chi connectivity index (χ1v) is 15.3. The minimum Gasteiger partial charge on any atom is -0.497 e. The summed E-state index contributed by atoms with van der Waals surface area (Å²) < 4.78 is 74.9. The van der Waals surface area contributed by atoms with Crippen molar-refractivity contribution in [1.82, 2.24) is 10.2 Å². The summed E-state index contributed by atoms with van der Waals surface area (Å²) in [7, 11) is -3.08. The number of benzene rings is 3. The van der Waals surface area contributed by atoms with Crippen LogP contribution in [-0.4, -0.2) is 51.4 Å². The highest BCUT2D eigenvalue weighted by Crippen LogP contribution is 2.38. The number of nitrogens with one attached hydrogen (secondary N) is 1. The molecule has 0 heterocycles. The van der Waals surface area contributed by atoms with Gasteiger partial charge in [0, 0.05) is 13.1 Å². The molecule has 0 spiro atoms. The molecule has 0 aliphatic rings. The molecule has 43 heavy (non-hydrogen) atoms. The van der Waals surface area contributed by atoms with E-state index in [1.54, 1.807) is 37.3 Å². The van der Waals surface area contributed by atoms with Crippen LogP contribution < -0.4 is 14.4 Å². The van der Waals surface area contributed by atoms with Crippen LogP contribution in [0.15, 0.2) is 77.7 Å². The number of methoxy groups -OCH3 is 1. The monoisotopic (exact) mass is 639 g/mol. The number of alkyl halides is 3. The van der Waals surface area contributed by atoms with Gasteiger partial charge < -0.3 is 15.0 Å². The van der Waals surface area contributed by atoms with Crippen LogP contribution in [0.2, 0.25) is 5.02 Å². The van der Waals surface area contributed by atoms with Crippen LogP contribution >= 0.6 is 11.6 Å². The Morgan fingerprint density at radius 1 is 1.00 bits per heavy atom. The third-order valence-electron chi connectivity index (χ3n) is 6.58. The lowest BCUT2D eigenvalue weighted by atomic mass is 10.1. The number of rotatable bonds is 13. The summed E-state index contributed by atoms with van der Waals surface area (Å²) in [6.07, 6.45) is -4.05. The minimum absolute atomic E-state index is 0.0955. The van der Waals surface area contributed by atoms with E-state index in [2.05, 4.69) is 5.32 Å². The molecule has 0 aromatic heterocycles. The van der Waals surface area contributed by atoms with Gasteiger partial charge >= 0.3 is 6.18 Å². The van der Waals surface area contributed by atoms with Crippen molar-refractivity contribution < 1.29 is 35.9 Å². The summed E-state index contributed by atoms with van der Waals surface area (Å²) in [6, 6.07) is 15.4. The Bertz CT molecular complexity index is 1520. The van der Waals surface area contributed by atoms with Gasteiger partial charge in [0.15, 0.2) is 0 Å². The van der Waals surface area contributed by atoms with E-state index in [0.717, 1.165) is 12.1 Å². The normalized spacial score (nSPS) is 12.3. The second-order valence-electron chi connectivity index (χ2n) is 9.57. The van der Waals surface area contributed by atoms with Gasteiger partial charge in [-0.25, -0.2) is 8.42 Å². The van der Waals surface area contributed by atoms with E-state index >= 15 is 0 Å². The van der Waals surface area contributed by atoms with Crippen molar-refractivity contribution >= 4 is 39.1 Å². The molecule has 2 amide bonds. The zero-order valence-electron chi connectivity index (χ0n) is 23.9. The average molecular weight is 640 g/mol. The van der Waals surface area contributed by atoms with E-state index in [9.17, 15) is 31.2 Å². The van der Waals surface area contributed by atoms with Gasteiger partial charge in [-0.05, 0) is 60.9 Å². The molecule has 3 rings (SSSR count). The first-order chi connectivity index (χ1) is 20.3. The van der Waals surface area contributed by atoms with Crippen molar-refractivity contribution in [2.24, 2.45) is 0 Å². The average Bonchev–Trinajstić information content (AvgIpc) is 2.98. The molecule has 232 valence electrons. The zero-order chi connectivity index (χ0) is 31.8. The number of carbonyl (C=O) groups is 2. The maximum absolute atomic E-state index is 14.1. The van der Waals surface area contributed by atoms with Gasteiger partial charge in [-0.1, -0.05) is 55.8 Å². The van der Waals surface area contributed by atoms with Crippen LogP contribution in [0.5, 0.6) is 5.75 Å². The third-order valence-corrected chi connectivity index (χ3v) is 8.69. The Morgan fingerprint density at radius 2 is 1.70 bits per heavy atom. The lowest BCUT2D eigenvalue weighted by Crippen LogP contribution is -2.52. The predicted molar refractivity (Wildman–Crippen MR) is 158 cm³/mol. The quantitative estimate of drug-likeness (QED) is 0.251. The first kappa shape index (κ1) is 33.7. The molecule has 0 aliphatic heterocycles. The number of halogens is 4. The summed E-state index contributed by atoms with van der Waals surface area (Å²) >= 11 is 5.81. The van der Waals surface area contributed by atoms with Crippen molar-refractivity contribution in [3.63, 3.8) is 0 Å². The molecule has 0 saturated heterocycles. The topological polar surface area (TPSA) is 96.0 Å². The Labute approximate surface area is 254 Å². The third kappa shape index (κ3) is 8.41. The summed E-state index contributed by atoms with van der Waals surface area (Å²) in [6.45, 7) is 2.94. The van der Waals surface area contributed by atoms with Crippen molar-refractivity contribution in [1.29, 1.82) is 0 Å². The fraction of sp³-hybridized carbons (Fsp3) is 0.333. The molecule has 13 heteroatoms. The maximum Gasteiger partial charge on any atom is 0.417 e. The number of carbonyl (C=O) groups excluding carboxylic acids is 2. The van der Waals surface area contributed by atoms with Crippen LogP contribution in [0.1, 0.15) is 37.8 Å². The van der Waals surface area contributed by atoms with Crippen LogP contribution in [0.3, 0.4) is 0 Å². The summed E-state index contributed by atoms with van der Waals surface area (Å²) in [5.41, 5.74) is -1.08. The summed E-state index contributed by atoms with van der Waals surface area (Å²) in [4.78, 5) is 28.2. The Hall–Kier alpha value is -3.77. The molecule has 0 saturated carbocycles. The van der Waals surface area contributed by atoms with Crippen molar-refractivity contribution in [3.05, 3.63) is 88.9 Å². The van der Waals surface area contributed by atoms with Crippen molar-refractivity contribution in [2.75, 3.05) is 24.5 Å². The molecule has 3 aromatic rings. The summed E-state index contributed by atoms with van der Waals surface area (Å²) in [5.74, 6) is -0.740. The van der Waals surface area contributed by atoms with Gasteiger partial charge in [0.05, 0.1) is 28.3 Å². The second-order valence-corrected chi connectivity index (χ2v) is 11.8. The van der Waals surface area contributed by atoms with E-state index in [1.165, 1.54) is 36.3 Å². The number of hydrogen-bond acceptors (Lipinski definition) is 5. The lowest BCUT2D eigenvalue weighted by Gasteiger charge is -2.33. The van der Waals surface area contributed by atoms with E-state index < -0.39 is 56.9 Å². The SMILES string of the molecule is CCCNC(=O)[C@@H](CC)N(Cc1cccc(OC)c1)C(=O)CN(c1ccc(Cl)c(C(F)(F)F)c1)S(=O)(=O)c1ccccc1. The minimum atomic E-state index is -4.89. The van der Waals surface area contributed by atoms with E-state index in [-0.39, 0.29) is 17.9 Å². The number of nitrogens with zero attached hydrogens (tertiary/aromatic N) is 2. The standard InChI is InChI=1S/C30H33ClF3N3O5S/c1-4-16-35-29(39)27(5-2)36(19-21-10-9-11-23(17-21)42-3)28(38)20-37(43(40,41)24-12-7-6-8-13-24)22-14-15-26(31)25(18-22)30(32,33)34/h6-15,17-18,27H,4-5,16,19-20H2,1-3H3,(H,35,39)/t27-/m1/s1. The van der Waals surface area contributed by atoms with Crippen molar-refractivity contribution in [2.45, 2.75) is 50.3 Å². The largest absolute Gasteiger partial charge is 0.497 e. The van der Waals surface area contributed by atoms with Crippen molar-refractivity contribution in [3.8, 4) is 5.75 Å². The number of hydrogen-bond donors (Lipinski definition) is 1. The van der Waals surface area contributed by atoms with Gasteiger partial charge in [0.1, 0.15) is 18.3 Å². The molecular weight excluding hydrogens is 607 g/mol. The number of ether oxygens (including phenoxy) is 1. The Morgan fingerprint density at radius 3 is 2.30 bits per heavy atom. The number of sulfonamides is 1. The van der Waals surface area contributed by atoms with Gasteiger partial charge in [0.25, 0.3) is 10.0 Å². The molecule has 0 fully saturated rings. The van der Waals surface area contributed by atoms with Gasteiger partial charge in [-0.15, -0.1) is 0 Å². The molecule has 1 N–H and O–H groups in total. The highest BCUT2D eigenvalue weighted by Gasteiger charge is 2.37. The van der Waals surface area contributed by atoms with Crippen LogP contribution in [0, 0.1) is 0 Å². The molecule has 0 radical (unpaired) electrons. The molecule has 0 bridgehead atoms. The molecule has 8 nitrogen and oxygen atoms in total. The van der Waals surface area contributed by atoms with E-state index in [1.807, 2.05) is 6.92 Å². The van der Waals surface area contributed by atoms with Crippen LogP contribution in [0.25, 0.3) is 0 Å². The fourth-order valence-electron chi connectivity index (χ4n) is 4.39. The Balaban J connectivity index is 2.13. The fourth-order valence-corrected chi connectivity index (χ4v) is 6.04. The number of amides is 2. The second kappa shape index (κ2) is 14.6. The maximum atomic E-state index is 14.1. The molecule has 1 atom stereocenters.